The van der Waals surface area contributed by atoms with Gasteiger partial charge >= 0.3 is 0 Å². The number of nitrogens with one attached hydrogen (secondary N) is 1. The number of imide groups is 2. The van der Waals surface area contributed by atoms with E-state index in [0.717, 1.165) is 16.1 Å². The van der Waals surface area contributed by atoms with Gasteiger partial charge in [-0.05, 0) is 62.8 Å². The summed E-state index contributed by atoms with van der Waals surface area (Å²) in [5.41, 5.74) is 6.04. The van der Waals surface area contributed by atoms with Crippen molar-refractivity contribution in [3.8, 4) is 5.75 Å². The average molecular weight is 590 g/mol. The van der Waals surface area contributed by atoms with Crippen molar-refractivity contribution < 1.29 is 24.3 Å². The zero-order valence-corrected chi connectivity index (χ0v) is 25.0. The molecule has 44 heavy (non-hydrogen) atoms. The van der Waals surface area contributed by atoms with Crippen molar-refractivity contribution in [2.24, 2.45) is 23.7 Å². The third-order valence-electron chi connectivity index (χ3n) is 10.4. The van der Waals surface area contributed by atoms with Crippen molar-refractivity contribution in [1.29, 1.82) is 0 Å². The molecule has 2 aliphatic carbocycles. The minimum absolute atomic E-state index is 0.0597. The van der Waals surface area contributed by atoms with Gasteiger partial charge in [-0.1, -0.05) is 77.9 Å². The topological polar surface area (TPSA) is 107 Å². The normalized spacial score (nSPS) is 29.3. The van der Waals surface area contributed by atoms with E-state index in [4.69, 9.17) is 0 Å². The van der Waals surface area contributed by atoms with Crippen LogP contribution in [-0.4, -0.2) is 45.2 Å². The number of benzene rings is 3. The number of rotatable bonds is 5. The molecule has 1 saturated carbocycles. The van der Waals surface area contributed by atoms with E-state index in [0.29, 0.717) is 28.8 Å². The summed E-state index contributed by atoms with van der Waals surface area (Å²) >= 11 is 0. The second-order valence-corrected chi connectivity index (χ2v) is 12.5. The molecule has 2 saturated heterocycles. The Morgan fingerprint density at radius 3 is 2.30 bits per heavy atom. The van der Waals surface area contributed by atoms with Crippen LogP contribution in [-0.2, 0) is 24.6 Å². The maximum atomic E-state index is 15.0. The molecule has 3 aromatic rings. The lowest BCUT2D eigenvalue weighted by Gasteiger charge is -2.50. The zero-order valence-electron chi connectivity index (χ0n) is 25.0. The first-order chi connectivity index (χ1) is 21.2. The second-order valence-electron chi connectivity index (χ2n) is 12.5. The van der Waals surface area contributed by atoms with Crippen LogP contribution in [0.4, 0.5) is 5.69 Å². The Labute approximate surface area is 256 Å². The summed E-state index contributed by atoms with van der Waals surface area (Å²) in [5.74, 6) is -4.28. The largest absolute Gasteiger partial charge is 0.507 e. The third-order valence-corrected chi connectivity index (χ3v) is 10.4. The van der Waals surface area contributed by atoms with Crippen LogP contribution in [0.1, 0.15) is 47.9 Å². The van der Waals surface area contributed by atoms with Gasteiger partial charge in [0.1, 0.15) is 5.75 Å². The van der Waals surface area contributed by atoms with Crippen LogP contribution in [0.25, 0.3) is 0 Å². The summed E-state index contributed by atoms with van der Waals surface area (Å²) in [6, 6.07) is 22.3. The highest BCUT2D eigenvalue weighted by Gasteiger charge is 2.70. The predicted octanol–water partition coefficient (Wildman–Crippen LogP) is 5.01. The van der Waals surface area contributed by atoms with Gasteiger partial charge < -0.3 is 5.11 Å². The molecule has 3 fully saturated rings. The van der Waals surface area contributed by atoms with Gasteiger partial charge in [0.05, 0.1) is 28.9 Å². The lowest BCUT2D eigenvalue weighted by molar-refractivity contribution is -0.141. The van der Waals surface area contributed by atoms with E-state index >= 15 is 4.79 Å². The second kappa shape index (κ2) is 10.2. The lowest BCUT2D eigenvalue weighted by atomic mass is 9.49. The molecule has 0 bridgehead atoms. The van der Waals surface area contributed by atoms with Crippen LogP contribution in [0.3, 0.4) is 0 Å². The smallest absolute Gasteiger partial charge is 0.260 e. The highest BCUT2D eigenvalue weighted by molar-refractivity contribution is 6.13. The van der Waals surface area contributed by atoms with Crippen LogP contribution in [0, 0.1) is 37.5 Å². The van der Waals surface area contributed by atoms with Crippen molar-refractivity contribution in [3.05, 3.63) is 107 Å². The van der Waals surface area contributed by atoms with Gasteiger partial charge in [-0.25, -0.2) is 0 Å². The van der Waals surface area contributed by atoms with Crippen LogP contribution >= 0.6 is 0 Å². The molecule has 8 heteroatoms. The molecule has 7 rings (SSSR count). The Hall–Kier alpha value is -4.72. The van der Waals surface area contributed by atoms with Crippen LogP contribution in [0.15, 0.2) is 84.4 Å². The Balaban J connectivity index is 1.47. The molecule has 6 atom stereocenters. The van der Waals surface area contributed by atoms with Crippen LogP contribution < -0.4 is 5.43 Å². The van der Waals surface area contributed by atoms with Crippen molar-refractivity contribution in [2.75, 3.05) is 12.0 Å². The van der Waals surface area contributed by atoms with E-state index in [2.05, 4.69) is 5.43 Å². The molecule has 0 aromatic heterocycles. The molecule has 4 amide bonds. The standard InChI is InChI=1S/C36H35N3O5/c1-4-38-32(41)25-18-17-24-27(29(25)34(38)43)19-28-33(42)39(37-23-15-13-20(2)14-16-23)35(44)36(28,22-10-6-5-7-11-22)30(24)26-12-8-9-21(3)31(26)40/h5-17,25,27-30,37,40H,4,18-19H2,1-3H3. The van der Waals surface area contributed by atoms with Crippen molar-refractivity contribution in [2.45, 2.75) is 44.9 Å². The van der Waals surface area contributed by atoms with E-state index in [1.165, 1.54) is 4.90 Å². The summed E-state index contributed by atoms with van der Waals surface area (Å²) in [4.78, 5) is 58.0. The number of phenolic OH excluding ortho intramolecular Hbond substituents is 1. The number of likely N-dealkylation sites (tertiary alicyclic amines) is 1. The summed E-state index contributed by atoms with van der Waals surface area (Å²) in [6.07, 6.45) is 2.61. The number of carbonyl (C=O) groups is 4. The number of hydrogen-bond donors (Lipinski definition) is 2. The van der Waals surface area contributed by atoms with Crippen molar-refractivity contribution in [1.82, 2.24) is 9.91 Å². The maximum absolute atomic E-state index is 15.0. The average Bonchev–Trinajstić information content (AvgIpc) is 3.40. The summed E-state index contributed by atoms with van der Waals surface area (Å²) in [6.45, 7) is 5.86. The molecule has 0 radical (unpaired) electrons. The molecule has 6 unspecified atom stereocenters. The van der Waals surface area contributed by atoms with E-state index in [-0.39, 0.29) is 36.4 Å². The molecule has 2 aliphatic heterocycles. The van der Waals surface area contributed by atoms with E-state index in [9.17, 15) is 19.5 Å². The molecule has 8 nitrogen and oxygen atoms in total. The SMILES string of the molecule is CCN1C(=O)C2CC=C3C(CC4C(=O)N(Nc5ccc(C)cc5)C(=O)C4(c4ccccc4)C3c3cccc(C)c3O)C2C1=O. The monoisotopic (exact) mass is 589 g/mol. The number of aromatic hydroxyl groups is 1. The van der Waals surface area contributed by atoms with Gasteiger partial charge in [0.25, 0.3) is 11.8 Å². The molecule has 2 heterocycles. The summed E-state index contributed by atoms with van der Waals surface area (Å²) < 4.78 is 0. The Kier molecular flexibility index (Phi) is 6.50. The lowest BCUT2D eigenvalue weighted by Crippen LogP contribution is -2.53. The van der Waals surface area contributed by atoms with Crippen molar-refractivity contribution in [3.63, 3.8) is 0 Å². The molecule has 224 valence electrons. The number of para-hydroxylation sites is 1. The van der Waals surface area contributed by atoms with Crippen molar-refractivity contribution >= 4 is 29.3 Å². The highest BCUT2D eigenvalue weighted by atomic mass is 16.3. The van der Waals surface area contributed by atoms with Gasteiger partial charge in [-0.2, -0.15) is 5.01 Å². The number of hydrogen-bond acceptors (Lipinski definition) is 6. The van der Waals surface area contributed by atoms with Gasteiger partial charge in [0.15, 0.2) is 0 Å². The minimum Gasteiger partial charge on any atom is -0.507 e. The first-order valence-electron chi connectivity index (χ1n) is 15.3. The minimum atomic E-state index is -1.40. The summed E-state index contributed by atoms with van der Waals surface area (Å²) in [7, 11) is 0. The number of carbonyl (C=O) groups excluding carboxylic acids is 4. The number of allylic oxidation sites excluding steroid dienone is 2. The molecular weight excluding hydrogens is 554 g/mol. The van der Waals surface area contributed by atoms with Gasteiger partial charge in [-0.3, -0.25) is 29.5 Å². The maximum Gasteiger partial charge on any atom is 0.260 e. The number of nitrogens with zero attached hydrogens (tertiary/aromatic N) is 2. The quantitative estimate of drug-likeness (QED) is 0.320. The fourth-order valence-corrected chi connectivity index (χ4v) is 8.38. The first kappa shape index (κ1) is 28.1. The zero-order chi connectivity index (χ0) is 30.9. The molecule has 4 aliphatic rings. The van der Waals surface area contributed by atoms with E-state index in [1.807, 2.05) is 92.7 Å². The van der Waals surface area contributed by atoms with Gasteiger partial charge in [0.2, 0.25) is 11.8 Å². The molecule has 2 N–H and O–H groups in total. The molecule has 3 aromatic carbocycles. The fourth-order valence-electron chi connectivity index (χ4n) is 8.38. The number of phenols is 1. The third kappa shape index (κ3) is 3.76. The van der Waals surface area contributed by atoms with Crippen LogP contribution in [0.5, 0.6) is 5.75 Å². The van der Waals surface area contributed by atoms with E-state index < -0.39 is 40.9 Å². The number of hydrazine groups is 1. The van der Waals surface area contributed by atoms with Gasteiger partial charge in [0, 0.05) is 18.0 Å². The number of amides is 4. The Bertz CT molecular complexity index is 1730. The fraction of sp³-hybridized carbons (Fsp3) is 0.333. The molecule has 0 spiro atoms. The Morgan fingerprint density at radius 2 is 1.59 bits per heavy atom. The summed E-state index contributed by atoms with van der Waals surface area (Å²) in [5, 5.41) is 12.7. The van der Waals surface area contributed by atoms with Crippen LogP contribution in [0.2, 0.25) is 0 Å². The first-order valence-corrected chi connectivity index (χ1v) is 15.3. The number of aryl methyl sites for hydroxylation is 2. The van der Waals surface area contributed by atoms with E-state index in [1.54, 1.807) is 6.92 Å². The molecular formula is C36H35N3O5. The van der Waals surface area contributed by atoms with Gasteiger partial charge in [-0.15, -0.1) is 0 Å². The highest BCUT2D eigenvalue weighted by Crippen LogP contribution is 2.64. The Morgan fingerprint density at radius 1 is 0.864 bits per heavy atom. The number of anilines is 1. The predicted molar refractivity (Wildman–Crippen MR) is 164 cm³/mol. The number of fused-ring (bicyclic) bond motifs is 4.